The minimum absolute atomic E-state index is 0.00779. The highest BCUT2D eigenvalue weighted by atomic mass is 35.5. The van der Waals surface area contributed by atoms with Gasteiger partial charge < -0.3 is 14.7 Å². The maximum atomic E-state index is 12.1. The monoisotopic (exact) mass is 283 g/mol. The molecule has 1 fully saturated rings. The summed E-state index contributed by atoms with van der Waals surface area (Å²) in [5, 5.41) is 9.95. The Labute approximate surface area is 117 Å². The van der Waals surface area contributed by atoms with Crippen molar-refractivity contribution in [1.82, 2.24) is 4.90 Å². The molecule has 1 aromatic carbocycles. The van der Waals surface area contributed by atoms with E-state index in [4.69, 9.17) is 16.3 Å². The summed E-state index contributed by atoms with van der Waals surface area (Å²) in [6, 6.07) is 6.81. The number of aliphatic hydroxyl groups is 1. The average molecular weight is 284 g/mol. The number of carbonyl (C=O) groups excluding carboxylic acids is 1. The zero-order chi connectivity index (χ0) is 13.8. The van der Waals surface area contributed by atoms with Crippen molar-refractivity contribution in [3.05, 3.63) is 29.3 Å². The molecule has 104 valence electrons. The zero-order valence-electron chi connectivity index (χ0n) is 10.9. The number of halogens is 1. The topological polar surface area (TPSA) is 49.8 Å². The third-order valence-electron chi connectivity index (χ3n) is 3.57. The van der Waals surface area contributed by atoms with Gasteiger partial charge in [0.1, 0.15) is 5.75 Å². The second-order valence-electron chi connectivity index (χ2n) is 4.85. The van der Waals surface area contributed by atoms with Crippen LogP contribution in [0.4, 0.5) is 0 Å². The molecular weight excluding hydrogens is 266 g/mol. The van der Waals surface area contributed by atoms with Gasteiger partial charge in [0, 0.05) is 11.6 Å². The fourth-order valence-electron chi connectivity index (χ4n) is 2.36. The van der Waals surface area contributed by atoms with Crippen molar-refractivity contribution >= 4 is 17.5 Å². The molecule has 2 unspecified atom stereocenters. The van der Waals surface area contributed by atoms with Crippen LogP contribution in [0.2, 0.25) is 5.02 Å². The van der Waals surface area contributed by atoms with Crippen molar-refractivity contribution in [2.75, 3.05) is 19.8 Å². The van der Waals surface area contributed by atoms with E-state index in [1.54, 1.807) is 29.2 Å². The summed E-state index contributed by atoms with van der Waals surface area (Å²) in [6.07, 6.45) is 0.928. The van der Waals surface area contributed by atoms with Crippen LogP contribution in [-0.4, -0.2) is 41.7 Å². The minimum atomic E-state index is -0.0849. The van der Waals surface area contributed by atoms with Gasteiger partial charge in [0.15, 0.2) is 6.61 Å². The van der Waals surface area contributed by atoms with Gasteiger partial charge >= 0.3 is 0 Å². The Balaban J connectivity index is 1.89. The lowest BCUT2D eigenvalue weighted by atomic mass is 10.0. The highest BCUT2D eigenvalue weighted by Gasteiger charge is 2.33. The molecule has 0 aliphatic carbocycles. The second-order valence-corrected chi connectivity index (χ2v) is 5.28. The molecule has 0 spiro atoms. The summed E-state index contributed by atoms with van der Waals surface area (Å²) in [6.45, 7) is 2.74. The molecule has 1 aliphatic heterocycles. The Morgan fingerprint density at radius 2 is 2.16 bits per heavy atom. The predicted molar refractivity (Wildman–Crippen MR) is 73.3 cm³/mol. The van der Waals surface area contributed by atoms with Crippen molar-refractivity contribution in [3.8, 4) is 5.75 Å². The molecule has 0 bridgehead atoms. The number of hydrogen-bond acceptors (Lipinski definition) is 3. The van der Waals surface area contributed by atoms with Crippen LogP contribution in [0.1, 0.15) is 13.3 Å². The van der Waals surface area contributed by atoms with E-state index in [0.717, 1.165) is 6.42 Å². The van der Waals surface area contributed by atoms with Crippen LogP contribution < -0.4 is 4.74 Å². The largest absolute Gasteiger partial charge is 0.484 e. The van der Waals surface area contributed by atoms with Crippen LogP contribution in [0.5, 0.6) is 5.75 Å². The first kappa shape index (κ1) is 14.2. The first-order valence-corrected chi connectivity index (χ1v) is 6.78. The highest BCUT2D eigenvalue weighted by Crippen LogP contribution is 2.23. The molecule has 1 N–H and O–H groups in total. The lowest BCUT2D eigenvalue weighted by Crippen LogP contribution is -2.42. The number of nitrogens with zero attached hydrogens (tertiary/aromatic N) is 1. The number of likely N-dealkylation sites (tertiary alicyclic amines) is 1. The van der Waals surface area contributed by atoms with E-state index < -0.39 is 0 Å². The smallest absolute Gasteiger partial charge is 0.260 e. The molecule has 19 heavy (non-hydrogen) atoms. The van der Waals surface area contributed by atoms with Crippen LogP contribution >= 0.6 is 11.6 Å². The quantitative estimate of drug-likeness (QED) is 0.919. The summed E-state index contributed by atoms with van der Waals surface area (Å²) in [7, 11) is 0. The second kappa shape index (κ2) is 6.26. The number of benzene rings is 1. The Bertz CT molecular complexity index is 435. The molecule has 4 nitrogen and oxygen atoms in total. The van der Waals surface area contributed by atoms with Gasteiger partial charge in [-0.3, -0.25) is 4.79 Å². The van der Waals surface area contributed by atoms with Crippen molar-refractivity contribution in [2.45, 2.75) is 19.4 Å². The first-order chi connectivity index (χ1) is 9.11. The zero-order valence-corrected chi connectivity index (χ0v) is 11.6. The van der Waals surface area contributed by atoms with E-state index in [1.807, 2.05) is 6.92 Å². The number of ether oxygens (including phenoxy) is 1. The van der Waals surface area contributed by atoms with Gasteiger partial charge in [-0.05, 0) is 36.6 Å². The van der Waals surface area contributed by atoms with Crippen molar-refractivity contribution < 1.29 is 14.6 Å². The van der Waals surface area contributed by atoms with Crippen LogP contribution in [0.3, 0.4) is 0 Å². The van der Waals surface area contributed by atoms with Crippen LogP contribution in [0.25, 0.3) is 0 Å². The summed E-state index contributed by atoms with van der Waals surface area (Å²) in [5.41, 5.74) is 0. The molecule has 0 radical (unpaired) electrons. The lowest BCUT2D eigenvalue weighted by molar-refractivity contribution is -0.135. The maximum Gasteiger partial charge on any atom is 0.260 e. The Hall–Kier alpha value is -1.26. The molecule has 2 atom stereocenters. The Kier molecular flexibility index (Phi) is 4.66. The lowest BCUT2D eigenvalue weighted by Gasteiger charge is -2.25. The molecule has 1 amide bonds. The van der Waals surface area contributed by atoms with Gasteiger partial charge in [-0.15, -0.1) is 0 Å². The van der Waals surface area contributed by atoms with Crippen molar-refractivity contribution in [3.63, 3.8) is 0 Å². The molecule has 1 aromatic rings. The number of amides is 1. The van der Waals surface area contributed by atoms with Gasteiger partial charge in [0.2, 0.25) is 0 Å². The molecule has 1 heterocycles. The van der Waals surface area contributed by atoms with Gasteiger partial charge in [0.25, 0.3) is 5.91 Å². The van der Waals surface area contributed by atoms with E-state index in [-0.39, 0.29) is 25.2 Å². The van der Waals surface area contributed by atoms with E-state index in [2.05, 4.69) is 0 Å². The van der Waals surface area contributed by atoms with Crippen molar-refractivity contribution in [1.29, 1.82) is 0 Å². The Morgan fingerprint density at radius 3 is 2.79 bits per heavy atom. The van der Waals surface area contributed by atoms with E-state index in [9.17, 15) is 9.90 Å². The fraction of sp³-hybridized carbons (Fsp3) is 0.500. The molecule has 2 rings (SSSR count). The predicted octanol–water partition coefficient (Wildman–Crippen LogP) is 1.95. The standard InChI is InChI=1S/C14H18ClNO3/c1-10-6-7-16(13(10)8-17)14(18)9-19-12-4-2-11(15)3-5-12/h2-5,10,13,17H,6-9H2,1H3. The first-order valence-electron chi connectivity index (χ1n) is 6.40. The van der Waals surface area contributed by atoms with Crippen LogP contribution in [0.15, 0.2) is 24.3 Å². The van der Waals surface area contributed by atoms with E-state index in [1.165, 1.54) is 0 Å². The van der Waals surface area contributed by atoms with E-state index >= 15 is 0 Å². The summed E-state index contributed by atoms with van der Waals surface area (Å²) in [5.74, 6) is 0.869. The highest BCUT2D eigenvalue weighted by molar-refractivity contribution is 6.30. The fourth-order valence-corrected chi connectivity index (χ4v) is 2.48. The molecule has 5 heteroatoms. The van der Waals surface area contributed by atoms with Gasteiger partial charge in [0.05, 0.1) is 12.6 Å². The van der Waals surface area contributed by atoms with Gasteiger partial charge in [-0.1, -0.05) is 18.5 Å². The van der Waals surface area contributed by atoms with Crippen molar-refractivity contribution in [2.24, 2.45) is 5.92 Å². The SMILES string of the molecule is CC1CCN(C(=O)COc2ccc(Cl)cc2)C1CO. The average Bonchev–Trinajstić information content (AvgIpc) is 2.79. The summed E-state index contributed by atoms with van der Waals surface area (Å²) >= 11 is 5.77. The third kappa shape index (κ3) is 3.39. The molecule has 1 saturated heterocycles. The molecule has 1 aliphatic rings. The number of carbonyl (C=O) groups is 1. The molecule has 0 saturated carbocycles. The maximum absolute atomic E-state index is 12.1. The normalized spacial score (nSPS) is 22.6. The summed E-state index contributed by atoms with van der Waals surface area (Å²) < 4.78 is 5.43. The number of aliphatic hydroxyl groups excluding tert-OH is 1. The summed E-state index contributed by atoms with van der Waals surface area (Å²) in [4.78, 5) is 13.8. The third-order valence-corrected chi connectivity index (χ3v) is 3.82. The number of rotatable bonds is 4. The minimum Gasteiger partial charge on any atom is -0.484 e. The van der Waals surface area contributed by atoms with Crippen LogP contribution in [0, 0.1) is 5.92 Å². The van der Waals surface area contributed by atoms with Gasteiger partial charge in [-0.2, -0.15) is 0 Å². The van der Waals surface area contributed by atoms with E-state index in [0.29, 0.717) is 23.2 Å². The van der Waals surface area contributed by atoms with Gasteiger partial charge in [-0.25, -0.2) is 0 Å². The molecule has 0 aromatic heterocycles. The molecular formula is C14H18ClNO3. The Morgan fingerprint density at radius 1 is 1.47 bits per heavy atom. The van der Waals surface area contributed by atoms with Crippen LogP contribution in [-0.2, 0) is 4.79 Å². The number of hydrogen-bond donors (Lipinski definition) is 1.